The molecule has 0 saturated carbocycles. The summed E-state index contributed by atoms with van der Waals surface area (Å²) < 4.78 is 29.5. The van der Waals surface area contributed by atoms with E-state index in [4.69, 9.17) is 16.3 Å². The molecule has 0 aromatic heterocycles. The molecule has 1 unspecified atom stereocenters. The summed E-state index contributed by atoms with van der Waals surface area (Å²) in [5.74, 6) is 0.637. The molecule has 1 atom stereocenters. The van der Waals surface area contributed by atoms with Crippen LogP contribution in [0, 0.1) is 12.3 Å². The van der Waals surface area contributed by atoms with Crippen LogP contribution in [0.3, 0.4) is 0 Å². The molecule has 0 aromatic carbocycles. The van der Waals surface area contributed by atoms with Gasteiger partial charge in [0, 0.05) is 20.1 Å². The van der Waals surface area contributed by atoms with Crippen LogP contribution < -0.4 is 4.72 Å². The molecule has 2 N–H and O–H groups in total. The van der Waals surface area contributed by atoms with Crippen LogP contribution >= 0.6 is 0 Å². The summed E-state index contributed by atoms with van der Waals surface area (Å²) in [5, 5.41) is 8.69. The lowest BCUT2D eigenvalue weighted by Gasteiger charge is -2.11. The summed E-state index contributed by atoms with van der Waals surface area (Å²) in [5.41, 5.74) is 0. The number of methoxy groups -OCH3 is 1. The van der Waals surface area contributed by atoms with Gasteiger partial charge in [-0.05, 0) is 6.42 Å². The van der Waals surface area contributed by atoms with Crippen molar-refractivity contribution < 1.29 is 23.1 Å². The third-order valence-corrected chi connectivity index (χ3v) is 3.17. The normalized spacial score (nSPS) is 13.0. The Morgan fingerprint density at radius 3 is 2.69 bits per heavy atom. The lowest BCUT2D eigenvalue weighted by molar-refractivity contribution is -0.138. The fourth-order valence-electron chi connectivity index (χ4n) is 0.966. The molecule has 0 heterocycles. The molecule has 0 aliphatic rings. The Labute approximate surface area is 95.0 Å². The van der Waals surface area contributed by atoms with Crippen LogP contribution in [0.5, 0.6) is 0 Å². The summed E-state index contributed by atoms with van der Waals surface area (Å²) >= 11 is 0. The van der Waals surface area contributed by atoms with E-state index in [0.717, 1.165) is 0 Å². The van der Waals surface area contributed by atoms with E-state index in [1.54, 1.807) is 0 Å². The minimum Gasteiger partial charge on any atom is -0.480 e. The zero-order valence-corrected chi connectivity index (χ0v) is 9.79. The predicted octanol–water partition coefficient (Wildman–Crippen LogP) is -0.581. The minimum absolute atomic E-state index is 0.182. The van der Waals surface area contributed by atoms with Crippen molar-refractivity contribution in [3.63, 3.8) is 0 Å². The molecular formula is C9H15NO5S. The van der Waals surface area contributed by atoms with Crippen LogP contribution in [0.25, 0.3) is 0 Å². The van der Waals surface area contributed by atoms with Crippen LogP contribution in [0.4, 0.5) is 0 Å². The van der Waals surface area contributed by atoms with Crippen molar-refractivity contribution in [1.29, 1.82) is 0 Å². The molecule has 0 aliphatic carbocycles. The number of rotatable bonds is 8. The monoisotopic (exact) mass is 249 g/mol. The van der Waals surface area contributed by atoms with Crippen molar-refractivity contribution in [2.45, 2.75) is 18.9 Å². The zero-order chi connectivity index (χ0) is 12.6. The van der Waals surface area contributed by atoms with Crippen molar-refractivity contribution in [2.24, 2.45) is 0 Å². The van der Waals surface area contributed by atoms with Crippen LogP contribution in [0.15, 0.2) is 0 Å². The smallest absolute Gasteiger partial charge is 0.322 e. The number of terminal acetylenes is 1. The molecule has 0 fully saturated rings. The number of ether oxygens (including phenoxy) is 1. The maximum absolute atomic E-state index is 11.4. The van der Waals surface area contributed by atoms with E-state index in [1.807, 2.05) is 4.72 Å². The highest BCUT2D eigenvalue weighted by Gasteiger charge is 2.22. The third-order valence-electron chi connectivity index (χ3n) is 1.70. The molecule has 7 heteroatoms. The van der Waals surface area contributed by atoms with Crippen molar-refractivity contribution in [3.8, 4) is 12.3 Å². The van der Waals surface area contributed by atoms with Gasteiger partial charge in [-0.3, -0.25) is 4.79 Å². The van der Waals surface area contributed by atoms with Gasteiger partial charge in [-0.25, -0.2) is 8.42 Å². The highest BCUT2D eigenvalue weighted by Crippen LogP contribution is 1.97. The Bertz CT molecular complexity index is 357. The Kier molecular flexibility index (Phi) is 6.72. The van der Waals surface area contributed by atoms with Gasteiger partial charge in [-0.2, -0.15) is 4.72 Å². The summed E-state index contributed by atoms with van der Waals surface area (Å²) in [6, 6.07) is -1.27. The summed E-state index contributed by atoms with van der Waals surface area (Å²) in [6.07, 6.45) is 5.06. The maximum Gasteiger partial charge on any atom is 0.322 e. The van der Waals surface area contributed by atoms with Crippen LogP contribution in [-0.4, -0.2) is 45.0 Å². The zero-order valence-electron chi connectivity index (χ0n) is 8.97. The van der Waals surface area contributed by atoms with Gasteiger partial charge in [-0.15, -0.1) is 12.3 Å². The fraction of sp³-hybridized carbons (Fsp3) is 0.667. The molecule has 0 saturated heterocycles. The van der Waals surface area contributed by atoms with E-state index < -0.39 is 22.0 Å². The first kappa shape index (κ1) is 14.9. The van der Waals surface area contributed by atoms with Crippen LogP contribution in [0.1, 0.15) is 12.8 Å². The summed E-state index contributed by atoms with van der Waals surface area (Å²) in [4.78, 5) is 10.6. The van der Waals surface area contributed by atoms with E-state index in [-0.39, 0.29) is 12.2 Å². The van der Waals surface area contributed by atoms with Crippen molar-refractivity contribution >= 4 is 16.0 Å². The molecule has 0 spiro atoms. The Hall–Kier alpha value is -1.10. The second-order valence-corrected chi connectivity index (χ2v) is 4.96. The Morgan fingerprint density at radius 2 is 2.25 bits per heavy atom. The highest BCUT2D eigenvalue weighted by atomic mass is 32.2. The molecule has 0 bridgehead atoms. The summed E-state index contributed by atoms with van der Waals surface area (Å²) in [7, 11) is -2.17. The van der Waals surface area contributed by atoms with E-state index >= 15 is 0 Å². The minimum atomic E-state index is -3.63. The van der Waals surface area contributed by atoms with Gasteiger partial charge in [0.05, 0.1) is 5.75 Å². The molecule has 6 nitrogen and oxygen atoms in total. The fourth-order valence-corrected chi connectivity index (χ4v) is 2.20. The van der Waals surface area contributed by atoms with E-state index in [9.17, 15) is 13.2 Å². The predicted molar refractivity (Wildman–Crippen MR) is 58.3 cm³/mol. The standard InChI is InChI=1S/C9H15NO5S/c1-3-5-8(9(11)12)10-16(13,14)7-4-6-15-2/h1,8,10H,4-7H2,2H3,(H,11,12). The molecule has 0 aliphatic heterocycles. The third kappa shape index (κ3) is 6.40. The first-order valence-corrected chi connectivity index (χ1v) is 6.23. The number of nitrogens with one attached hydrogen (secondary N) is 1. The van der Waals surface area contributed by atoms with Crippen LogP contribution in [0.2, 0.25) is 0 Å². The van der Waals surface area contributed by atoms with E-state index in [1.165, 1.54) is 7.11 Å². The first-order chi connectivity index (χ1) is 7.43. The van der Waals surface area contributed by atoms with Crippen LogP contribution in [-0.2, 0) is 19.6 Å². The maximum atomic E-state index is 11.4. The second kappa shape index (κ2) is 7.22. The highest BCUT2D eigenvalue weighted by molar-refractivity contribution is 7.89. The lowest BCUT2D eigenvalue weighted by atomic mass is 10.2. The molecule has 0 aromatic rings. The topological polar surface area (TPSA) is 92.7 Å². The SMILES string of the molecule is C#CCC(NS(=O)(=O)CCCOC)C(=O)O. The quantitative estimate of drug-likeness (QED) is 0.443. The summed E-state index contributed by atoms with van der Waals surface area (Å²) in [6.45, 7) is 0.299. The van der Waals surface area contributed by atoms with E-state index in [2.05, 4.69) is 5.92 Å². The van der Waals surface area contributed by atoms with Gasteiger partial charge in [-0.1, -0.05) is 0 Å². The number of carboxylic acids is 1. The van der Waals surface area contributed by atoms with Gasteiger partial charge < -0.3 is 9.84 Å². The van der Waals surface area contributed by atoms with Crippen molar-refractivity contribution in [2.75, 3.05) is 19.5 Å². The van der Waals surface area contributed by atoms with Crippen molar-refractivity contribution in [1.82, 2.24) is 4.72 Å². The average molecular weight is 249 g/mol. The molecule has 16 heavy (non-hydrogen) atoms. The molecular weight excluding hydrogens is 234 g/mol. The number of hydrogen-bond donors (Lipinski definition) is 2. The largest absolute Gasteiger partial charge is 0.480 e. The molecule has 0 rings (SSSR count). The Balaban J connectivity index is 4.32. The van der Waals surface area contributed by atoms with Gasteiger partial charge in [0.2, 0.25) is 10.0 Å². The molecule has 0 amide bonds. The number of aliphatic carboxylic acids is 1. The second-order valence-electron chi connectivity index (χ2n) is 3.08. The molecule has 92 valence electrons. The van der Waals surface area contributed by atoms with Gasteiger partial charge >= 0.3 is 5.97 Å². The number of sulfonamides is 1. The van der Waals surface area contributed by atoms with E-state index in [0.29, 0.717) is 13.0 Å². The number of carboxylic acid groups (broad SMARTS) is 1. The lowest BCUT2D eigenvalue weighted by Crippen LogP contribution is -2.41. The molecule has 0 radical (unpaired) electrons. The first-order valence-electron chi connectivity index (χ1n) is 4.58. The van der Waals surface area contributed by atoms with Gasteiger partial charge in [0.15, 0.2) is 0 Å². The Morgan fingerprint density at radius 1 is 1.62 bits per heavy atom. The average Bonchev–Trinajstić information content (AvgIpc) is 2.17. The number of carbonyl (C=O) groups is 1. The van der Waals surface area contributed by atoms with Crippen molar-refractivity contribution in [3.05, 3.63) is 0 Å². The van der Waals surface area contributed by atoms with Gasteiger partial charge in [0.1, 0.15) is 6.04 Å². The van der Waals surface area contributed by atoms with Gasteiger partial charge in [0.25, 0.3) is 0 Å². The number of hydrogen-bond acceptors (Lipinski definition) is 4.